The smallest absolute Gasteiger partial charge is 0.451 e. The molecule has 0 aromatic heterocycles. The summed E-state index contributed by atoms with van der Waals surface area (Å²) in [5.74, 6) is -2.92. The number of amides is 2. The number of anilines is 1. The summed E-state index contributed by atoms with van der Waals surface area (Å²) in [7, 11) is 0. The van der Waals surface area contributed by atoms with Crippen molar-refractivity contribution in [2.75, 3.05) is 4.90 Å². The number of nitrogens with zero attached hydrogens (tertiary/aromatic N) is 3. The van der Waals surface area contributed by atoms with Crippen molar-refractivity contribution >= 4 is 29.2 Å². The summed E-state index contributed by atoms with van der Waals surface area (Å²) in [6.07, 6.45) is 2.00. The van der Waals surface area contributed by atoms with Gasteiger partial charge < -0.3 is 10.3 Å². The molecule has 0 saturated carbocycles. The predicted octanol–water partition coefficient (Wildman–Crippen LogP) is 3.60. The van der Waals surface area contributed by atoms with Crippen LogP contribution in [-0.4, -0.2) is 33.9 Å². The molecule has 0 N–H and O–H groups in total. The number of hydrogen-bond acceptors (Lipinski definition) is 4. The second-order valence-corrected chi connectivity index (χ2v) is 7.38. The maximum absolute atomic E-state index is 13.3. The minimum atomic E-state index is -1.14. The van der Waals surface area contributed by atoms with E-state index in [-0.39, 0.29) is 11.3 Å². The molecule has 2 aromatic rings. The van der Waals surface area contributed by atoms with E-state index in [1.807, 2.05) is 0 Å². The molecule has 2 aromatic carbocycles. The molecule has 30 heavy (non-hydrogen) atoms. The van der Waals surface area contributed by atoms with Gasteiger partial charge in [-0.05, 0) is 51.0 Å². The standard InChI is InChI=1S/C23H23N3O4/c1-5-11-16-12-9-10-15-18(16)26(20(27)17-13-7-6-8-14-17)21(28)19(25-24)22(29)30-23(2,3)4/h5-10,12-15H,1,11H2,2-4H3. The molecule has 0 fully saturated rings. The van der Waals surface area contributed by atoms with Crippen LogP contribution in [0.25, 0.3) is 5.53 Å². The number of rotatable bonds is 6. The fraction of sp³-hybridized carbons (Fsp3) is 0.217. The molecule has 0 radical (unpaired) electrons. The first-order chi connectivity index (χ1) is 14.2. The lowest BCUT2D eigenvalue weighted by atomic mass is 10.1. The van der Waals surface area contributed by atoms with E-state index in [9.17, 15) is 19.9 Å². The number of ether oxygens (including phenoxy) is 1. The van der Waals surface area contributed by atoms with Crippen LogP contribution in [0.5, 0.6) is 0 Å². The van der Waals surface area contributed by atoms with E-state index in [0.29, 0.717) is 12.0 Å². The number of carbonyl (C=O) groups is 3. The van der Waals surface area contributed by atoms with Gasteiger partial charge in [-0.25, -0.2) is 9.69 Å². The zero-order chi connectivity index (χ0) is 22.3. The van der Waals surface area contributed by atoms with Gasteiger partial charge in [0, 0.05) is 5.56 Å². The maximum Gasteiger partial charge on any atom is 0.463 e. The Bertz CT molecular complexity index is 1020. The molecule has 0 heterocycles. The van der Waals surface area contributed by atoms with E-state index < -0.39 is 29.1 Å². The summed E-state index contributed by atoms with van der Waals surface area (Å²) in [5, 5.41) is 0. The Labute approximate surface area is 175 Å². The summed E-state index contributed by atoms with van der Waals surface area (Å²) in [6, 6.07) is 14.8. The van der Waals surface area contributed by atoms with Gasteiger partial charge in [0.2, 0.25) is 0 Å². The van der Waals surface area contributed by atoms with Gasteiger partial charge in [0.15, 0.2) is 0 Å². The lowest BCUT2D eigenvalue weighted by Crippen LogP contribution is -2.46. The minimum Gasteiger partial charge on any atom is -0.451 e. The zero-order valence-electron chi connectivity index (χ0n) is 17.2. The molecule has 0 aliphatic heterocycles. The van der Waals surface area contributed by atoms with E-state index in [1.54, 1.807) is 81.4 Å². The highest BCUT2D eigenvalue weighted by Crippen LogP contribution is 2.24. The summed E-state index contributed by atoms with van der Waals surface area (Å²) in [5.41, 5.74) is 8.67. The monoisotopic (exact) mass is 405 g/mol. The van der Waals surface area contributed by atoms with E-state index in [0.717, 1.165) is 4.90 Å². The Morgan fingerprint density at radius 3 is 2.23 bits per heavy atom. The van der Waals surface area contributed by atoms with Crippen LogP contribution in [0.15, 0.2) is 67.3 Å². The SMILES string of the molecule is C=CCc1ccccc1N(C(=O)C(=[N+]=[N-])C(=O)OC(C)(C)C)C(=O)c1ccccc1. The molecule has 0 unspecified atom stereocenters. The van der Waals surface area contributed by atoms with E-state index in [2.05, 4.69) is 11.4 Å². The highest BCUT2D eigenvalue weighted by Gasteiger charge is 2.41. The Morgan fingerprint density at radius 2 is 1.67 bits per heavy atom. The van der Waals surface area contributed by atoms with Crippen LogP contribution in [-0.2, 0) is 20.7 Å². The molecule has 0 aliphatic carbocycles. The van der Waals surface area contributed by atoms with Crippen molar-refractivity contribution in [2.45, 2.75) is 32.8 Å². The van der Waals surface area contributed by atoms with Crippen molar-refractivity contribution in [1.82, 2.24) is 0 Å². The molecule has 0 saturated heterocycles. The molecule has 0 spiro atoms. The third-order valence-electron chi connectivity index (χ3n) is 3.92. The number of para-hydroxylation sites is 1. The van der Waals surface area contributed by atoms with Gasteiger partial charge in [-0.15, -0.1) is 6.58 Å². The number of hydrogen-bond donors (Lipinski definition) is 0. The highest BCUT2D eigenvalue weighted by molar-refractivity contribution is 6.66. The van der Waals surface area contributed by atoms with Crippen molar-refractivity contribution in [3.8, 4) is 0 Å². The molecule has 0 aliphatic rings. The number of carbonyl (C=O) groups excluding carboxylic acids is 3. The van der Waals surface area contributed by atoms with Crippen LogP contribution in [0.3, 0.4) is 0 Å². The maximum atomic E-state index is 13.3. The molecular weight excluding hydrogens is 382 g/mol. The number of benzene rings is 2. The average Bonchev–Trinajstić information content (AvgIpc) is 2.69. The molecule has 154 valence electrons. The predicted molar refractivity (Wildman–Crippen MR) is 113 cm³/mol. The number of allylic oxidation sites excluding steroid dienone is 1. The first-order valence-electron chi connectivity index (χ1n) is 9.27. The Hall–Kier alpha value is -3.83. The second kappa shape index (κ2) is 9.58. The molecule has 7 nitrogen and oxygen atoms in total. The minimum absolute atomic E-state index is 0.223. The molecule has 7 heteroatoms. The molecule has 0 bridgehead atoms. The summed E-state index contributed by atoms with van der Waals surface area (Å²) < 4.78 is 5.16. The van der Waals surface area contributed by atoms with E-state index >= 15 is 0 Å². The summed E-state index contributed by atoms with van der Waals surface area (Å²) in [6.45, 7) is 8.52. The first kappa shape index (κ1) is 22.5. The third kappa shape index (κ3) is 5.37. The molecule has 2 rings (SSSR count). The van der Waals surface area contributed by atoms with Gasteiger partial charge >= 0.3 is 17.6 Å². The lowest BCUT2D eigenvalue weighted by molar-refractivity contribution is -0.152. The summed E-state index contributed by atoms with van der Waals surface area (Å²) >= 11 is 0. The van der Waals surface area contributed by atoms with Crippen molar-refractivity contribution in [1.29, 1.82) is 0 Å². The van der Waals surface area contributed by atoms with Gasteiger partial charge in [-0.3, -0.25) is 9.59 Å². The Balaban J connectivity index is 2.60. The average molecular weight is 405 g/mol. The fourth-order valence-electron chi connectivity index (χ4n) is 2.68. The quantitative estimate of drug-likeness (QED) is 0.183. The van der Waals surface area contributed by atoms with Crippen LogP contribution >= 0.6 is 0 Å². The third-order valence-corrected chi connectivity index (χ3v) is 3.92. The van der Waals surface area contributed by atoms with Crippen LogP contribution in [0.1, 0.15) is 36.7 Å². The lowest BCUT2D eigenvalue weighted by Gasteiger charge is -2.22. The topological polar surface area (TPSA) is 100 Å². The van der Waals surface area contributed by atoms with E-state index in [1.165, 1.54) is 0 Å². The van der Waals surface area contributed by atoms with Crippen LogP contribution in [0.4, 0.5) is 5.69 Å². The first-order valence-corrected chi connectivity index (χ1v) is 9.27. The fourth-order valence-corrected chi connectivity index (χ4v) is 2.68. The molecule has 2 amide bonds. The number of imide groups is 1. The van der Waals surface area contributed by atoms with Gasteiger partial charge in [-0.1, -0.05) is 42.5 Å². The van der Waals surface area contributed by atoms with Gasteiger partial charge in [0.05, 0.1) is 5.69 Å². The molecular formula is C23H23N3O4. The second-order valence-electron chi connectivity index (χ2n) is 7.38. The summed E-state index contributed by atoms with van der Waals surface area (Å²) in [4.78, 5) is 42.6. The largest absolute Gasteiger partial charge is 0.463 e. The van der Waals surface area contributed by atoms with Gasteiger partial charge in [0.25, 0.3) is 5.91 Å². The van der Waals surface area contributed by atoms with Crippen molar-refractivity contribution < 1.29 is 23.9 Å². The van der Waals surface area contributed by atoms with Gasteiger partial charge in [-0.2, -0.15) is 4.79 Å². The van der Waals surface area contributed by atoms with E-state index in [4.69, 9.17) is 4.74 Å². The van der Waals surface area contributed by atoms with Gasteiger partial charge in [0.1, 0.15) is 5.60 Å². The van der Waals surface area contributed by atoms with Crippen molar-refractivity contribution in [2.24, 2.45) is 0 Å². The van der Waals surface area contributed by atoms with Crippen molar-refractivity contribution in [3.05, 3.63) is 83.9 Å². The normalized spacial score (nSPS) is 10.5. The Kier molecular flexibility index (Phi) is 7.17. The highest BCUT2D eigenvalue weighted by atomic mass is 16.6. The zero-order valence-corrected chi connectivity index (χ0v) is 17.2. The van der Waals surface area contributed by atoms with Crippen molar-refractivity contribution in [3.63, 3.8) is 0 Å². The molecule has 0 atom stereocenters. The van der Waals surface area contributed by atoms with Crippen LogP contribution < -0.4 is 4.90 Å². The number of esters is 1. The Morgan fingerprint density at radius 1 is 1.07 bits per heavy atom. The van der Waals surface area contributed by atoms with Crippen LogP contribution in [0, 0.1) is 0 Å². The van der Waals surface area contributed by atoms with Crippen LogP contribution in [0.2, 0.25) is 0 Å².